The van der Waals surface area contributed by atoms with Crippen molar-refractivity contribution in [3.63, 3.8) is 0 Å². The van der Waals surface area contributed by atoms with Crippen molar-refractivity contribution in [2.45, 2.75) is 6.92 Å². The molecule has 120 valence electrons. The minimum Gasteiger partial charge on any atom is -0.451 e. The molecule has 6 nitrogen and oxygen atoms in total. The molecule has 0 radical (unpaired) electrons. The van der Waals surface area contributed by atoms with Crippen LogP contribution in [0.1, 0.15) is 16.6 Å². The summed E-state index contributed by atoms with van der Waals surface area (Å²) >= 11 is 7.09. The summed E-state index contributed by atoms with van der Waals surface area (Å²) < 4.78 is 4.88. The predicted octanol–water partition coefficient (Wildman–Crippen LogP) is 2.39. The lowest BCUT2D eigenvalue weighted by Crippen LogP contribution is -2.42. The molecule has 2 rings (SSSR count). The van der Waals surface area contributed by atoms with Crippen molar-refractivity contribution >= 4 is 40.7 Å². The van der Waals surface area contributed by atoms with Crippen molar-refractivity contribution in [1.29, 1.82) is 0 Å². The molecular formula is C15H13ClN2O4S. The number of carbonyl (C=O) groups is 3. The second-order valence-electron chi connectivity index (χ2n) is 4.48. The maximum Gasteiger partial charge on any atom is 0.348 e. The molecule has 0 spiro atoms. The molecule has 0 unspecified atom stereocenters. The average Bonchev–Trinajstić information content (AvgIpc) is 3.01. The largest absolute Gasteiger partial charge is 0.451 e. The normalized spacial score (nSPS) is 10.0. The Balaban J connectivity index is 1.92. The smallest absolute Gasteiger partial charge is 0.348 e. The molecule has 23 heavy (non-hydrogen) atoms. The van der Waals surface area contributed by atoms with Gasteiger partial charge in [-0.15, -0.1) is 11.3 Å². The molecule has 0 aliphatic heterocycles. The van der Waals surface area contributed by atoms with Crippen molar-refractivity contribution in [3.8, 4) is 10.4 Å². The summed E-state index contributed by atoms with van der Waals surface area (Å²) in [5, 5.41) is 0.634. The molecule has 0 bridgehead atoms. The highest BCUT2D eigenvalue weighted by atomic mass is 35.5. The monoisotopic (exact) mass is 352 g/mol. The molecule has 0 fully saturated rings. The van der Waals surface area contributed by atoms with Crippen molar-refractivity contribution in [2.24, 2.45) is 0 Å². The first kappa shape index (κ1) is 17.0. The number of hydrogen-bond donors (Lipinski definition) is 2. The van der Waals surface area contributed by atoms with Gasteiger partial charge in [0.05, 0.1) is 0 Å². The number of ether oxygens (including phenoxy) is 1. The summed E-state index contributed by atoms with van der Waals surface area (Å²) in [6, 6.07) is 10.7. The molecule has 0 saturated heterocycles. The molecule has 2 N–H and O–H groups in total. The Labute approximate surface area is 141 Å². The number of amides is 2. The first-order chi connectivity index (χ1) is 11.0. The molecule has 2 aromatic rings. The lowest BCUT2D eigenvalue weighted by Gasteiger charge is -2.05. The van der Waals surface area contributed by atoms with Crippen LogP contribution in [0.4, 0.5) is 0 Å². The molecule has 0 atom stereocenters. The Hall–Kier alpha value is -2.38. The third kappa shape index (κ3) is 5.08. The fourth-order valence-corrected chi connectivity index (χ4v) is 2.64. The fraction of sp³-hybridized carbons (Fsp3) is 0.133. The molecule has 0 saturated carbocycles. The number of carbonyl (C=O) groups excluding carboxylic acids is 3. The van der Waals surface area contributed by atoms with E-state index in [4.69, 9.17) is 16.3 Å². The van der Waals surface area contributed by atoms with Crippen LogP contribution < -0.4 is 10.9 Å². The third-order valence-electron chi connectivity index (χ3n) is 2.65. The number of halogens is 1. The second kappa shape index (κ2) is 7.75. The van der Waals surface area contributed by atoms with Crippen molar-refractivity contribution < 1.29 is 19.1 Å². The van der Waals surface area contributed by atoms with Crippen molar-refractivity contribution in [2.75, 3.05) is 6.61 Å². The zero-order valence-electron chi connectivity index (χ0n) is 12.1. The minimum absolute atomic E-state index is 0.377. The van der Waals surface area contributed by atoms with Crippen LogP contribution in [0.5, 0.6) is 0 Å². The van der Waals surface area contributed by atoms with E-state index in [2.05, 4.69) is 10.9 Å². The summed E-state index contributed by atoms with van der Waals surface area (Å²) in [6.45, 7) is 0.767. The molecule has 8 heteroatoms. The summed E-state index contributed by atoms with van der Waals surface area (Å²) in [4.78, 5) is 35.1. The van der Waals surface area contributed by atoms with Gasteiger partial charge in [0, 0.05) is 16.8 Å². The van der Waals surface area contributed by atoms with E-state index in [0.29, 0.717) is 9.90 Å². The third-order valence-corrected chi connectivity index (χ3v) is 4.01. The van der Waals surface area contributed by atoms with Gasteiger partial charge in [-0.1, -0.05) is 23.7 Å². The lowest BCUT2D eigenvalue weighted by molar-refractivity contribution is -0.129. The van der Waals surface area contributed by atoms with Gasteiger partial charge in [-0.25, -0.2) is 4.79 Å². The van der Waals surface area contributed by atoms with Gasteiger partial charge < -0.3 is 4.74 Å². The zero-order chi connectivity index (χ0) is 16.8. The van der Waals surface area contributed by atoms with Crippen LogP contribution in [0.2, 0.25) is 5.02 Å². The number of hydrogen-bond acceptors (Lipinski definition) is 5. The maximum atomic E-state index is 11.9. The molecular weight excluding hydrogens is 340 g/mol. The highest BCUT2D eigenvalue weighted by Gasteiger charge is 2.13. The highest BCUT2D eigenvalue weighted by Crippen LogP contribution is 2.29. The average molecular weight is 353 g/mol. The number of rotatable bonds is 4. The standard InChI is InChI=1S/C15H13ClN2O4S/c1-9(19)17-18-14(20)8-22-15(21)13-7-6-12(23-13)10-2-4-11(16)5-3-10/h2-7H,8H2,1H3,(H,17,19)(H,18,20). The summed E-state index contributed by atoms with van der Waals surface area (Å²) in [5.74, 6) is -1.65. The van der Waals surface area contributed by atoms with E-state index in [9.17, 15) is 14.4 Å². The number of nitrogens with one attached hydrogen (secondary N) is 2. The van der Waals surface area contributed by atoms with Crippen LogP contribution >= 0.6 is 22.9 Å². The first-order valence-electron chi connectivity index (χ1n) is 6.54. The van der Waals surface area contributed by atoms with Gasteiger partial charge in [0.2, 0.25) is 5.91 Å². The quantitative estimate of drug-likeness (QED) is 0.653. The summed E-state index contributed by atoms with van der Waals surface area (Å²) in [6.07, 6.45) is 0. The Morgan fingerprint density at radius 1 is 1.09 bits per heavy atom. The van der Waals surface area contributed by atoms with Gasteiger partial charge in [0.25, 0.3) is 5.91 Å². The number of benzene rings is 1. The van der Waals surface area contributed by atoms with E-state index < -0.39 is 24.4 Å². The molecule has 0 aliphatic carbocycles. The van der Waals surface area contributed by atoms with E-state index in [1.807, 2.05) is 12.1 Å². The molecule has 0 aliphatic rings. The minimum atomic E-state index is -0.622. The van der Waals surface area contributed by atoms with E-state index in [0.717, 1.165) is 10.4 Å². The summed E-state index contributed by atoms with van der Waals surface area (Å²) in [5.41, 5.74) is 5.13. The number of esters is 1. The fourth-order valence-electron chi connectivity index (χ4n) is 1.61. The lowest BCUT2D eigenvalue weighted by atomic mass is 10.2. The van der Waals surface area contributed by atoms with Gasteiger partial charge in [-0.2, -0.15) is 0 Å². The first-order valence-corrected chi connectivity index (χ1v) is 7.73. The Kier molecular flexibility index (Phi) is 5.72. The van der Waals surface area contributed by atoms with E-state index in [1.165, 1.54) is 18.3 Å². The van der Waals surface area contributed by atoms with Crippen LogP contribution in [-0.2, 0) is 14.3 Å². The molecule has 1 aromatic carbocycles. The van der Waals surface area contributed by atoms with Gasteiger partial charge in [-0.05, 0) is 29.8 Å². The second-order valence-corrected chi connectivity index (χ2v) is 6.00. The molecule has 2 amide bonds. The topological polar surface area (TPSA) is 84.5 Å². The van der Waals surface area contributed by atoms with Crippen LogP contribution in [-0.4, -0.2) is 24.4 Å². The van der Waals surface area contributed by atoms with E-state index >= 15 is 0 Å². The van der Waals surface area contributed by atoms with Crippen LogP contribution in [0.25, 0.3) is 10.4 Å². The van der Waals surface area contributed by atoms with E-state index in [-0.39, 0.29) is 0 Å². The maximum absolute atomic E-state index is 11.9. The van der Waals surface area contributed by atoms with Gasteiger partial charge in [0.15, 0.2) is 6.61 Å². The van der Waals surface area contributed by atoms with E-state index in [1.54, 1.807) is 24.3 Å². The summed E-state index contributed by atoms with van der Waals surface area (Å²) in [7, 11) is 0. The van der Waals surface area contributed by atoms with Crippen LogP contribution in [0.15, 0.2) is 36.4 Å². The molecule has 1 aromatic heterocycles. The van der Waals surface area contributed by atoms with Crippen LogP contribution in [0.3, 0.4) is 0 Å². The SMILES string of the molecule is CC(=O)NNC(=O)COC(=O)c1ccc(-c2ccc(Cl)cc2)s1. The number of thiophene rings is 1. The van der Waals surface area contributed by atoms with Gasteiger partial charge in [0.1, 0.15) is 4.88 Å². The van der Waals surface area contributed by atoms with Gasteiger partial charge in [-0.3, -0.25) is 20.4 Å². The highest BCUT2D eigenvalue weighted by molar-refractivity contribution is 7.17. The Morgan fingerprint density at radius 2 is 1.78 bits per heavy atom. The Morgan fingerprint density at radius 3 is 2.43 bits per heavy atom. The number of hydrazine groups is 1. The predicted molar refractivity (Wildman–Crippen MR) is 87.0 cm³/mol. The zero-order valence-corrected chi connectivity index (χ0v) is 13.7. The van der Waals surface area contributed by atoms with Crippen molar-refractivity contribution in [3.05, 3.63) is 46.3 Å². The molecule has 1 heterocycles. The van der Waals surface area contributed by atoms with Crippen LogP contribution in [0, 0.1) is 0 Å². The Bertz CT molecular complexity index is 727. The van der Waals surface area contributed by atoms with Crippen molar-refractivity contribution in [1.82, 2.24) is 10.9 Å². The van der Waals surface area contributed by atoms with Gasteiger partial charge >= 0.3 is 5.97 Å².